The van der Waals surface area contributed by atoms with Gasteiger partial charge in [0.2, 0.25) is 0 Å². The van der Waals surface area contributed by atoms with Crippen LogP contribution in [0, 0.1) is 0 Å². The molecule has 2 N–H and O–H groups in total. The normalized spacial score (nSPS) is 11.0. The van der Waals surface area contributed by atoms with E-state index in [9.17, 15) is 4.79 Å². The molecule has 4 heteroatoms. The summed E-state index contributed by atoms with van der Waals surface area (Å²) in [6.07, 6.45) is 2.38. The van der Waals surface area contributed by atoms with E-state index in [2.05, 4.69) is 42.3 Å². The van der Waals surface area contributed by atoms with Gasteiger partial charge in [-0.2, -0.15) is 0 Å². The van der Waals surface area contributed by atoms with Gasteiger partial charge >= 0.3 is 6.09 Å². The van der Waals surface area contributed by atoms with Crippen molar-refractivity contribution < 1.29 is 9.53 Å². The first kappa shape index (κ1) is 17.1. The molecular formula is C21H24N2O2. The number of carbonyl (C=O) groups excluding carboxylic acids is 1. The molecule has 0 bridgehead atoms. The van der Waals surface area contributed by atoms with Crippen LogP contribution < -0.4 is 5.32 Å². The van der Waals surface area contributed by atoms with Crippen LogP contribution in [0.3, 0.4) is 0 Å². The van der Waals surface area contributed by atoms with Gasteiger partial charge in [0.05, 0.1) is 0 Å². The monoisotopic (exact) mass is 336 g/mol. The number of amides is 1. The predicted molar refractivity (Wildman–Crippen MR) is 101 cm³/mol. The van der Waals surface area contributed by atoms with Gasteiger partial charge in [0, 0.05) is 23.6 Å². The Bertz CT molecular complexity index is 834. The second-order valence-electron chi connectivity index (χ2n) is 6.51. The van der Waals surface area contributed by atoms with Gasteiger partial charge in [0.25, 0.3) is 0 Å². The van der Waals surface area contributed by atoms with Gasteiger partial charge in [-0.05, 0) is 35.1 Å². The number of rotatable bonds is 6. The summed E-state index contributed by atoms with van der Waals surface area (Å²) in [5, 5.41) is 4.01. The summed E-state index contributed by atoms with van der Waals surface area (Å²) in [6, 6.07) is 16.3. The van der Waals surface area contributed by atoms with E-state index in [1.165, 1.54) is 16.5 Å². The average Bonchev–Trinajstić information content (AvgIpc) is 3.04. The zero-order chi connectivity index (χ0) is 17.6. The molecule has 0 atom stereocenters. The number of para-hydroxylation sites is 1. The Morgan fingerprint density at radius 1 is 1.12 bits per heavy atom. The number of aromatic nitrogens is 1. The van der Waals surface area contributed by atoms with Crippen molar-refractivity contribution in [1.29, 1.82) is 0 Å². The quantitative estimate of drug-likeness (QED) is 0.682. The summed E-state index contributed by atoms with van der Waals surface area (Å²) in [7, 11) is 0. The molecule has 0 saturated carbocycles. The summed E-state index contributed by atoms with van der Waals surface area (Å²) < 4.78 is 5.28. The van der Waals surface area contributed by atoms with Crippen LogP contribution in [0.5, 0.6) is 0 Å². The third-order valence-corrected chi connectivity index (χ3v) is 4.35. The number of hydrogen-bond donors (Lipinski definition) is 2. The van der Waals surface area contributed by atoms with Crippen molar-refractivity contribution in [2.24, 2.45) is 0 Å². The molecule has 3 rings (SSSR count). The standard InChI is InChI=1S/C21H24N2O2/c1-15(2)17-9-7-16(8-10-17)14-25-21(24)22-12-11-18-13-23-20-6-4-3-5-19(18)20/h3-10,13,15,23H,11-12,14H2,1-2H3,(H,22,24). The molecule has 3 aromatic rings. The van der Waals surface area contributed by atoms with E-state index in [1.807, 2.05) is 36.5 Å². The van der Waals surface area contributed by atoms with Crippen LogP contribution in [0.4, 0.5) is 4.79 Å². The van der Waals surface area contributed by atoms with Crippen molar-refractivity contribution in [2.75, 3.05) is 6.54 Å². The molecule has 25 heavy (non-hydrogen) atoms. The Kier molecular flexibility index (Phi) is 5.39. The number of benzene rings is 2. The summed E-state index contributed by atoms with van der Waals surface area (Å²) in [5.41, 5.74) is 4.59. The molecule has 1 amide bonds. The molecule has 0 spiro atoms. The fourth-order valence-corrected chi connectivity index (χ4v) is 2.84. The first-order valence-electron chi connectivity index (χ1n) is 8.68. The lowest BCUT2D eigenvalue weighted by Gasteiger charge is -2.09. The van der Waals surface area contributed by atoms with Crippen LogP contribution >= 0.6 is 0 Å². The number of alkyl carbamates (subject to hydrolysis) is 1. The van der Waals surface area contributed by atoms with Crippen LogP contribution in [-0.4, -0.2) is 17.6 Å². The van der Waals surface area contributed by atoms with Crippen LogP contribution in [-0.2, 0) is 17.8 Å². The molecule has 0 aliphatic rings. The number of hydrogen-bond acceptors (Lipinski definition) is 2. The lowest BCUT2D eigenvalue weighted by molar-refractivity contribution is 0.140. The van der Waals surface area contributed by atoms with E-state index in [0.29, 0.717) is 12.5 Å². The SMILES string of the molecule is CC(C)c1ccc(COC(=O)NCCc2c[nH]c3ccccc23)cc1. The van der Waals surface area contributed by atoms with E-state index < -0.39 is 0 Å². The third kappa shape index (κ3) is 4.41. The van der Waals surface area contributed by atoms with E-state index in [-0.39, 0.29) is 12.7 Å². The first-order valence-corrected chi connectivity index (χ1v) is 8.68. The van der Waals surface area contributed by atoms with Gasteiger partial charge in [-0.15, -0.1) is 0 Å². The molecule has 4 nitrogen and oxygen atoms in total. The Hall–Kier alpha value is -2.75. The van der Waals surface area contributed by atoms with Crippen molar-refractivity contribution in [1.82, 2.24) is 10.3 Å². The molecule has 130 valence electrons. The lowest BCUT2D eigenvalue weighted by atomic mass is 10.0. The number of nitrogens with one attached hydrogen (secondary N) is 2. The molecule has 0 aliphatic carbocycles. The number of ether oxygens (including phenoxy) is 1. The van der Waals surface area contributed by atoms with Crippen LogP contribution in [0.15, 0.2) is 54.7 Å². The summed E-state index contributed by atoms with van der Waals surface area (Å²) in [5.74, 6) is 0.503. The molecule has 1 aromatic heterocycles. The second-order valence-corrected chi connectivity index (χ2v) is 6.51. The van der Waals surface area contributed by atoms with E-state index in [0.717, 1.165) is 17.5 Å². The minimum absolute atomic E-state index is 0.289. The predicted octanol–water partition coefficient (Wildman–Crippen LogP) is 4.76. The first-order chi connectivity index (χ1) is 12.1. The molecule has 0 radical (unpaired) electrons. The molecule has 2 aromatic carbocycles. The van der Waals surface area contributed by atoms with Gasteiger partial charge in [-0.25, -0.2) is 4.79 Å². The number of fused-ring (bicyclic) bond motifs is 1. The zero-order valence-electron chi connectivity index (χ0n) is 14.7. The fraction of sp³-hybridized carbons (Fsp3) is 0.286. The van der Waals surface area contributed by atoms with E-state index in [1.54, 1.807) is 0 Å². The average molecular weight is 336 g/mol. The maximum Gasteiger partial charge on any atom is 0.407 e. The van der Waals surface area contributed by atoms with Gasteiger partial charge in [-0.1, -0.05) is 56.3 Å². The van der Waals surface area contributed by atoms with Crippen LogP contribution in [0.1, 0.15) is 36.5 Å². The molecule has 0 unspecified atom stereocenters. The number of H-pyrrole nitrogens is 1. The smallest absolute Gasteiger partial charge is 0.407 e. The van der Waals surface area contributed by atoms with E-state index >= 15 is 0 Å². The Morgan fingerprint density at radius 2 is 1.88 bits per heavy atom. The summed E-state index contributed by atoms with van der Waals surface area (Å²) >= 11 is 0. The molecule has 1 heterocycles. The fourth-order valence-electron chi connectivity index (χ4n) is 2.84. The topological polar surface area (TPSA) is 54.1 Å². The number of carbonyl (C=O) groups is 1. The van der Waals surface area contributed by atoms with Crippen molar-refractivity contribution in [3.05, 3.63) is 71.4 Å². The summed E-state index contributed by atoms with van der Waals surface area (Å²) in [4.78, 5) is 15.1. The highest BCUT2D eigenvalue weighted by atomic mass is 16.5. The molecule has 0 saturated heterocycles. The van der Waals surface area contributed by atoms with E-state index in [4.69, 9.17) is 4.74 Å². The summed E-state index contributed by atoms with van der Waals surface area (Å²) in [6.45, 7) is 5.16. The van der Waals surface area contributed by atoms with Crippen molar-refractivity contribution in [3.8, 4) is 0 Å². The van der Waals surface area contributed by atoms with Gasteiger partial charge in [0.15, 0.2) is 0 Å². The minimum Gasteiger partial charge on any atom is -0.445 e. The number of aromatic amines is 1. The van der Waals surface area contributed by atoms with Gasteiger partial charge in [-0.3, -0.25) is 0 Å². The van der Waals surface area contributed by atoms with Crippen molar-refractivity contribution in [2.45, 2.75) is 32.8 Å². The third-order valence-electron chi connectivity index (χ3n) is 4.35. The zero-order valence-corrected chi connectivity index (χ0v) is 14.7. The van der Waals surface area contributed by atoms with Gasteiger partial charge in [0.1, 0.15) is 6.61 Å². The maximum absolute atomic E-state index is 11.8. The highest BCUT2D eigenvalue weighted by Gasteiger charge is 2.06. The van der Waals surface area contributed by atoms with Crippen molar-refractivity contribution in [3.63, 3.8) is 0 Å². The lowest BCUT2D eigenvalue weighted by Crippen LogP contribution is -2.26. The second kappa shape index (κ2) is 7.88. The Morgan fingerprint density at radius 3 is 2.64 bits per heavy atom. The largest absolute Gasteiger partial charge is 0.445 e. The minimum atomic E-state index is -0.382. The highest BCUT2D eigenvalue weighted by molar-refractivity contribution is 5.83. The molecule has 0 fully saturated rings. The maximum atomic E-state index is 11.8. The van der Waals surface area contributed by atoms with Crippen LogP contribution in [0.25, 0.3) is 10.9 Å². The molecular weight excluding hydrogens is 312 g/mol. The van der Waals surface area contributed by atoms with Crippen molar-refractivity contribution >= 4 is 17.0 Å². The molecule has 0 aliphatic heterocycles. The highest BCUT2D eigenvalue weighted by Crippen LogP contribution is 2.18. The van der Waals surface area contributed by atoms with Crippen LogP contribution in [0.2, 0.25) is 0 Å². The van der Waals surface area contributed by atoms with Gasteiger partial charge < -0.3 is 15.0 Å². The Balaban J connectivity index is 1.43. The Labute approximate surface area is 148 Å².